The first-order chi connectivity index (χ1) is 8.82. The Morgan fingerprint density at radius 2 is 1.42 bits per heavy atom. The summed E-state index contributed by atoms with van der Waals surface area (Å²) in [5, 5.41) is 0. The van der Waals surface area contributed by atoms with Gasteiger partial charge >= 0.3 is 0 Å². The minimum atomic E-state index is 0.540. The summed E-state index contributed by atoms with van der Waals surface area (Å²) in [5.74, 6) is 7.81. The van der Waals surface area contributed by atoms with E-state index in [1.807, 2.05) is 0 Å². The lowest BCUT2D eigenvalue weighted by Crippen LogP contribution is -2.50. The molecule has 4 saturated carbocycles. The predicted molar refractivity (Wildman–Crippen MR) is 80.6 cm³/mol. The number of hydrogen-bond donors (Lipinski definition) is 0. The molecule has 0 spiro atoms. The molecule has 0 aromatic carbocycles. The van der Waals surface area contributed by atoms with Crippen LogP contribution in [0.5, 0.6) is 0 Å². The van der Waals surface area contributed by atoms with Crippen LogP contribution in [0.15, 0.2) is 12.7 Å². The van der Waals surface area contributed by atoms with Gasteiger partial charge in [-0.2, -0.15) is 0 Å². The molecule has 8 unspecified atom stereocenters. The van der Waals surface area contributed by atoms with Crippen molar-refractivity contribution in [2.75, 3.05) is 0 Å². The Hall–Kier alpha value is -0.260. The highest BCUT2D eigenvalue weighted by molar-refractivity contribution is 5.22. The van der Waals surface area contributed by atoms with E-state index in [1.54, 1.807) is 0 Å². The third-order valence-electron chi connectivity index (χ3n) is 8.98. The fraction of sp³-hybridized carbons (Fsp3) is 0.895. The number of allylic oxidation sites excluding steroid dienone is 1. The van der Waals surface area contributed by atoms with E-state index in [0.717, 1.165) is 47.3 Å². The molecule has 4 rings (SSSR count). The first kappa shape index (κ1) is 12.5. The van der Waals surface area contributed by atoms with Gasteiger partial charge in [-0.1, -0.05) is 40.7 Å². The van der Waals surface area contributed by atoms with E-state index < -0.39 is 0 Å². The van der Waals surface area contributed by atoms with Crippen molar-refractivity contribution in [1.29, 1.82) is 0 Å². The molecule has 0 aromatic heterocycles. The molecule has 0 N–H and O–H groups in total. The van der Waals surface area contributed by atoms with Gasteiger partial charge in [0.25, 0.3) is 0 Å². The minimum Gasteiger partial charge on any atom is -0.103 e. The molecule has 4 bridgehead atoms. The number of hydrogen-bond acceptors (Lipinski definition) is 0. The largest absolute Gasteiger partial charge is 0.103 e. The zero-order chi connectivity index (χ0) is 13.7. The van der Waals surface area contributed by atoms with Crippen LogP contribution in [0.4, 0.5) is 0 Å². The number of rotatable bonds is 1. The molecule has 0 aliphatic heterocycles. The Balaban J connectivity index is 1.77. The highest BCUT2D eigenvalue weighted by Crippen LogP contribution is 2.78. The summed E-state index contributed by atoms with van der Waals surface area (Å²) in [6.45, 7) is 16.9. The Morgan fingerprint density at radius 1 is 0.895 bits per heavy atom. The predicted octanol–water partition coefficient (Wildman–Crippen LogP) is 5.01. The van der Waals surface area contributed by atoms with E-state index in [4.69, 9.17) is 0 Å². The minimum absolute atomic E-state index is 0.540. The van der Waals surface area contributed by atoms with Gasteiger partial charge in [0.2, 0.25) is 0 Å². The second-order valence-electron chi connectivity index (χ2n) is 9.28. The lowest BCUT2D eigenvalue weighted by atomic mass is 9.50. The van der Waals surface area contributed by atoms with Gasteiger partial charge in [-0.05, 0) is 71.0 Å². The van der Waals surface area contributed by atoms with Crippen molar-refractivity contribution < 1.29 is 0 Å². The Morgan fingerprint density at radius 3 is 1.95 bits per heavy atom. The highest BCUT2D eigenvalue weighted by Gasteiger charge is 2.72. The first-order valence-electron chi connectivity index (χ1n) is 8.45. The maximum atomic E-state index is 4.15. The first-order valence-corrected chi connectivity index (χ1v) is 8.45. The van der Waals surface area contributed by atoms with Gasteiger partial charge in [-0.25, -0.2) is 0 Å². The normalized spacial score (nSPS) is 59.4. The van der Waals surface area contributed by atoms with Crippen LogP contribution in [-0.2, 0) is 0 Å². The molecule has 4 aliphatic rings. The van der Waals surface area contributed by atoms with Crippen molar-refractivity contribution in [3.05, 3.63) is 12.7 Å². The molecule has 0 heteroatoms. The van der Waals surface area contributed by atoms with Gasteiger partial charge < -0.3 is 0 Å². The molecular formula is C19H30. The molecular weight excluding hydrogens is 228 g/mol. The molecule has 0 radical (unpaired) electrons. The summed E-state index contributed by atoms with van der Waals surface area (Å²) in [6.07, 6.45) is 5.35. The van der Waals surface area contributed by atoms with E-state index in [9.17, 15) is 0 Å². The van der Waals surface area contributed by atoms with Gasteiger partial charge in [0.15, 0.2) is 0 Å². The van der Waals surface area contributed by atoms with Gasteiger partial charge in [-0.3, -0.25) is 0 Å². The van der Waals surface area contributed by atoms with Gasteiger partial charge in [0, 0.05) is 0 Å². The van der Waals surface area contributed by atoms with Crippen LogP contribution in [0.3, 0.4) is 0 Å². The molecule has 0 amide bonds. The quantitative estimate of drug-likeness (QED) is 0.458. The highest BCUT2D eigenvalue weighted by atomic mass is 14.8. The summed E-state index contributed by atoms with van der Waals surface area (Å²) < 4.78 is 0. The summed E-state index contributed by atoms with van der Waals surface area (Å²) in [7, 11) is 0. The van der Waals surface area contributed by atoms with Gasteiger partial charge in [0.05, 0.1) is 0 Å². The number of fused-ring (bicyclic) bond motifs is 9. The van der Waals surface area contributed by atoms with Crippen molar-refractivity contribution >= 4 is 0 Å². The molecule has 0 heterocycles. The fourth-order valence-corrected chi connectivity index (χ4v) is 7.47. The lowest BCUT2D eigenvalue weighted by Gasteiger charge is -2.55. The molecule has 4 aliphatic carbocycles. The topological polar surface area (TPSA) is 0 Å². The SMILES string of the molecule is C=CC1C(C)C2CC1C1C2C2CC1C(C)(C)C2(C)C. The van der Waals surface area contributed by atoms with Crippen molar-refractivity contribution in [1.82, 2.24) is 0 Å². The maximum Gasteiger partial charge on any atom is -0.0176 e. The maximum absolute atomic E-state index is 4.15. The Bertz CT molecular complexity index is 429. The second-order valence-corrected chi connectivity index (χ2v) is 9.28. The standard InChI is InChI=1S/C19H30/c1-7-11-10(2)12-8-13(11)17-15-9-14(16(12)17)18(3,4)19(15,5)6/h7,10-17H,1,8-9H2,2-6H3. The summed E-state index contributed by atoms with van der Waals surface area (Å²) in [4.78, 5) is 0. The molecule has 0 saturated heterocycles. The zero-order valence-electron chi connectivity index (χ0n) is 13.3. The van der Waals surface area contributed by atoms with Crippen LogP contribution >= 0.6 is 0 Å². The van der Waals surface area contributed by atoms with Crippen LogP contribution in [0.25, 0.3) is 0 Å². The van der Waals surface area contributed by atoms with Gasteiger partial charge in [-0.15, -0.1) is 6.58 Å². The Kier molecular flexibility index (Phi) is 2.18. The van der Waals surface area contributed by atoms with Crippen molar-refractivity contribution in [3.63, 3.8) is 0 Å². The average molecular weight is 258 g/mol. The van der Waals surface area contributed by atoms with Crippen molar-refractivity contribution in [2.45, 2.75) is 47.5 Å². The van der Waals surface area contributed by atoms with Crippen LogP contribution in [0.1, 0.15) is 47.5 Å². The summed E-state index contributed by atoms with van der Waals surface area (Å²) in [6, 6.07) is 0. The van der Waals surface area contributed by atoms with E-state index >= 15 is 0 Å². The molecule has 106 valence electrons. The molecule has 0 aromatic rings. The smallest absolute Gasteiger partial charge is 0.0176 e. The van der Waals surface area contributed by atoms with Crippen LogP contribution in [0.2, 0.25) is 0 Å². The van der Waals surface area contributed by atoms with Gasteiger partial charge in [0.1, 0.15) is 0 Å². The van der Waals surface area contributed by atoms with Crippen LogP contribution in [-0.4, -0.2) is 0 Å². The Labute approximate surface area is 119 Å². The average Bonchev–Trinajstić information content (AvgIpc) is 2.97. The molecule has 4 fully saturated rings. The molecule has 0 nitrogen and oxygen atoms in total. The van der Waals surface area contributed by atoms with Crippen molar-refractivity contribution in [3.8, 4) is 0 Å². The summed E-state index contributed by atoms with van der Waals surface area (Å²) in [5.41, 5.74) is 1.09. The molecule has 8 atom stereocenters. The van der Waals surface area contributed by atoms with E-state index in [-0.39, 0.29) is 0 Å². The lowest BCUT2D eigenvalue weighted by molar-refractivity contribution is -0.0673. The zero-order valence-corrected chi connectivity index (χ0v) is 13.3. The summed E-state index contributed by atoms with van der Waals surface area (Å²) >= 11 is 0. The third-order valence-corrected chi connectivity index (χ3v) is 8.98. The monoisotopic (exact) mass is 258 g/mol. The fourth-order valence-electron chi connectivity index (χ4n) is 7.47. The van der Waals surface area contributed by atoms with Crippen molar-refractivity contribution in [2.24, 2.45) is 58.2 Å². The second kappa shape index (κ2) is 3.31. The third kappa shape index (κ3) is 1.12. The van der Waals surface area contributed by atoms with Crippen LogP contribution in [0, 0.1) is 58.2 Å². The van der Waals surface area contributed by atoms with E-state index in [2.05, 4.69) is 47.3 Å². The van der Waals surface area contributed by atoms with E-state index in [0.29, 0.717) is 10.8 Å². The van der Waals surface area contributed by atoms with Crippen LogP contribution < -0.4 is 0 Å². The van der Waals surface area contributed by atoms with E-state index in [1.165, 1.54) is 12.8 Å². The molecule has 19 heavy (non-hydrogen) atoms.